The zero-order chi connectivity index (χ0) is 6.41. The van der Waals surface area contributed by atoms with E-state index in [-0.39, 0.29) is 12.0 Å². The minimum atomic E-state index is 0.171. The SMILES string of the molecule is [CH2]C=C(Cl)OCOC. The summed E-state index contributed by atoms with van der Waals surface area (Å²) < 4.78 is 9.22. The minimum absolute atomic E-state index is 0.171. The monoisotopic (exact) mass is 135 g/mol. The van der Waals surface area contributed by atoms with Crippen LogP contribution in [0.2, 0.25) is 0 Å². The molecule has 0 saturated carbocycles. The van der Waals surface area contributed by atoms with Gasteiger partial charge < -0.3 is 9.47 Å². The summed E-state index contributed by atoms with van der Waals surface area (Å²) in [5.41, 5.74) is 0. The van der Waals surface area contributed by atoms with Crippen LogP contribution in [0.1, 0.15) is 0 Å². The van der Waals surface area contributed by atoms with Crippen molar-refractivity contribution in [3.8, 4) is 0 Å². The Kier molecular flexibility index (Phi) is 4.81. The lowest BCUT2D eigenvalue weighted by atomic mass is 10.7. The van der Waals surface area contributed by atoms with Crippen molar-refractivity contribution < 1.29 is 9.47 Å². The highest BCUT2D eigenvalue weighted by molar-refractivity contribution is 6.28. The van der Waals surface area contributed by atoms with Crippen molar-refractivity contribution in [2.24, 2.45) is 0 Å². The van der Waals surface area contributed by atoms with E-state index in [1.807, 2.05) is 0 Å². The van der Waals surface area contributed by atoms with Crippen LogP contribution in [0.5, 0.6) is 0 Å². The van der Waals surface area contributed by atoms with Gasteiger partial charge in [0.2, 0.25) is 0 Å². The van der Waals surface area contributed by atoms with Crippen molar-refractivity contribution in [3.63, 3.8) is 0 Å². The molecule has 0 spiro atoms. The third-order valence-electron chi connectivity index (χ3n) is 0.475. The van der Waals surface area contributed by atoms with Gasteiger partial charge in [0.15, 0.2) is 12.0 Å². The first-order chi connectivity index (χ1) is 3.81. The quantitative estimate of drug-likeness (QED) is 0.432. The summed E-state index contributed by atoms with van der Waals surface area (Å²) >= 11 is 5.34. The van der Waals surface area contributed by atoms with Gasteiger partial charge in [-0.05, 0) is 24.6 Å². The van der Waals surface area contributed by atoms with Crippen molar-refractivity contribution in [1.29, 1.82) is 0 Å². The molecule has 0 aliphatic carbocycles. The van der Waals surface area contributed by atoms with Gasteiger partial charge in [-0.3, -0.25) is 0 Å². The number of hydrogen-bond acceptors (Lipinski definition) is 2. The van der Waals surface area contributed by atoms with E-state index in [4.69, 9.17) is 11.6 Å². The van der Waals surface area contributed by atoms with Crippen molar-refractivity contribution in [2.45, 2.75) is 0 Å². The summed E-state index contributed by atoms with van der Waals surface area (Å²) in [6, 6.07) is 0. The van der Waals surface area contributed by atoms with Crippen LogP contribution in [-0.4, -0.2) is 13.9 Å². The fourth-order valence-corrected chi connectivity index (χ4v) is 0.219. The molecule has 0 aromatic heterocycles. The number of allylic oxidation sites excluding steroid dienone is 1. The van der Waals surface area contributed by atoms with Crippen LogP contribution in [-0.2, 0) is 9.47 Å². The number of halogens is 1. The zero-order valence-corrected chi connectivity index (χ0v) is 5.44. The number of hydrogen-bond donors (Lipinski definition) is 0. The Morgan fingerprint density at radius 1 is 1.88 bits per heavy atom. The second kappa shape index (κ2) is 4.94. The van der Waals surface area contributed by atoms with Gasteiger partial charge in [-0.2, -0.15) is 0 Å². The summed E-state index contributed by atoms with van der Waals surface area (Å²) in [5, 5.41) is 0.256. The van der Waals surface area contributed by atoms with E-state index < -0.39 is 0 Å². The number of methoxy groups -OCH3 is 1. The third kappa shape index (κ3) is 3.96. The maximum atomic E-state index is 5.34. The molecule has 0 N–H and O–H groups in total. The Morgan fingerprint density at radius 2 is 2.50 bits per heavy atom. The van der Waals surface area contributed by atoms with Crippen LogP contribution >= 0.6 is 11.6 Å². The van der Waals surface area contributed by atoms with E-state index >= 15 is 0 Å². The molecule has 0 amide bonds. The van der Waals surface area contributed by atoms with Crippen LogP contribution in [0.4, 0.5) is 0 Å². The standard InChI is InChI=1S/C5H8ClO2/c1-3-5(6)8-4-7-2/h3H,1,4H2,2H3. The summed E-state index contributed by atoms with van der Waals surface area (Å²) in [6.45, 7) is 3.54. The molecule has 0 aliphatic rings. The first-order valence-corrected chi connectivity index (χ1v) is 2.45. The van der Waals surface area contributed by atoms with Crippen LogP contribution in [0, 0.1) is 6.92 Å². The molecule has 0 fully saturated rings. The van der Waals surface area contributed by atoms with Gasteiger partial charge in [-0.15, -0.1) is 0 Å². The molecule has 1 radical (unpaired) electrons. The summed E-state index contributed by atoms with van der Waals surface area (Å²) in [4.78, 5) is 0. The van der Waals surface area contributed by atoms with Gasteiger partial charge in [0.1, 0.15) is 0 Å². The number of rotatable bonds is 3. The molecule has 0 atom stereocenters. The molecular weight excluding hydrogens is 128 g/mol. The smallest absolute Gasteiger partial charge is 0.189 e. The molecule has 0 heterocycles. The Morgan fingerprint density at radius 3 is 2.88 bits per heavy atom. The third-order valence-corrected chi connectivity index (χ3v) is 0.739. The van der Waals surface area contributed by atoms with Gasteiger partial charge in [0.05, 0.1) is 0 Å². The fraction of sp³-hybridized carbons (Fsp3) is 0.400. The molecule has 0 saturated heterocycles. The second-order valence-electron chi connectivity index (χ2n) is 1.06. The second-order valence-corrected chi connectivity index (χ2v) is 1.43. The van der Waals surface area contributed by atoms with E-state index in [0.29, 0.717) is 0 Å². The summed E-state index contributed by atoms with van der Waals surface area (Å²) in [5.74, 6) is 0. The van der Waals surface area contributed by atoms with Crippen LogP contribution in [0.3, 0.4) is 0 Å². The Bertz CT molecular complexity index is 80.5. The van der Waals surface area contributed by atoms with Crippen molar-refractivity contribution in [1.82, 2.24) is 0 Å². The van der Waals surface area contributed by atoms with Crippen molar-refractivity contribution in [3.05, 3.63) is 18.2 Å². The lowest BCUT2D eigenvalue weighted by Gasteiger charge is -1.99. The molecule has 8 heavy (non-hydrogen) atoms. The van der Waals surface area contributed by atoms with Gasteiger partial charge in [0, 0.05) is 7.11 Å². The topological polar surface area (TPSA) is 18.5 Å². The van der Waals surface area contributed by atoms with Crippen molar-refractivity contribution in [2.75, 3.05) is 13.9 Å². The molecule has 47 valence electrons. The van der Waals surface area contributed by atoms with E-state index in [1.165, 1.54) is 13.2 Å². The van der Waals surface area contributed by atoms with Crippen LogP contribution in [0.15, 0.2) is 11.3 Å². The first-order valence-electron chi connectivity index (χ1n) is 2.08. The molecule has 3 heteroatoms. The molecule has 2 nitrogen and oxygen atoms in total. The van der Waals surface area contributed by atoms with Crippen LogP contribution < -0.4 is 0 Å². The zero-order valence-electron chi connectivity index (χ0n) is 4.69. The maximum absolute atomic E-state index is 5.34. The molecular formula is C5H8ClO2. The molecule has 0 aliphatic heterocycles. The molecule has 0 bridgehead atoms. The fourth-order valence-electron chi connectivity index (χ4n) is 0.174. The van der Waals surface area contributed by atoms with E-state index in [1.54, 1.807) is 0 Å². The van der Waals surface area contributed by atoms with Gasteiger partial charge >= 0.3 is 0 Å². The average molecular weight is 136 g/mol. The maximum Gasteiger partial charge on any atom is 0.189 e. The minimum Gasteiger partial charge on any atom is -0.457 e. The van der Waals surface area contributed by atoms with Gasteiger partial charge in [-0.1, -0.05) is 0 Å². The normalized spacial score (nSPS) is 11.6. The van der Waals surface area contributed by atoms with E-state index in [9.17, 15) is 0 Å². The predicted molar refractivity (Wildman–Crippen MR) is 32.3 cm³/mol. The lowest BCUT2D eigenvalue weighted by Crippen LogP contribution is -1.91. The Labute approximate surface area is 54.0 Å². The predicted octanol–water partition coefficient (Wildman–Crippen LogP) is 1.52. The van der Waals surface area contributed by atoms with Crippen molar-refractivity contribution >= 4 is 11.6 Å². The molecule has 0 aromatic carbocycles. The lowest BCUT2D eigenvalue weighted by molar-refractivity contribution is 0.0145. The average Bonchev–Trinajstić information content (AvgIpc) is 1.83. The largest absolute Gasteiger partial charge is 0.457 e. The highest BCUT2D eigenvalue weighted by Gasteiger charge is 1.84. The Balaban J connectivity index is 3.12. The molecule has 0 aromatic rings. The highest BCUT2D eigenvalue weighted by Crippen LogP contribution is 2.00. The molecule has 0 unspecified atom stereocenters. The summed E-state index contributed by atoms with van der Waals surface area (Å²) in [7, 11) is 1.52. The first kappa shape index (κ1) is 7.79. The highest BCUT2D eigenvalue weighted by atomic mass is 35.5. The van der Waals surface area contributed by atoms with Gasteiger partial charge in [0.25, 0.3) is 0 Å². The van der Waals surface area contributed by atoms with Crippen LogP contribution in [0.25, 0.3) is 0 Å². The summed E-state index contributed by atoms with van der Waals surface area (Å²) in [6.07, 6.45) is 1.40. The molecule has 0 rings (SSSR count). The number of ether oxygens (including phenoxy) is 2. The van der Waals surface area contributed by atoms with Gasteiger partial charge in [-0.25, -0.2) is 0 Å². The van der Waals surface area contributed by atoms with E-state index in [0.717, 1.165) is 0 Å². The van der Waals surface area contributed by atoms with E-state index in [2.05, 4.69) is 16.4 Å². The Hall–Kier alpha value is -0.210.